The van der Waals surface area contributed by atoms with Crippen molar-refractivity contribution in [2.45, 2.75) is 6.92 Å². The lowest BCUT2D eigenvalue weighted by Gasteiger charge is -1.96. The largest absolute Gasteiger partial charge is 0.361 e. The van der Waals surface area contributed by atoms with Crippen LogP contribution in [0.5, 0.6) is 0 Å². The van der Waals surface area contributed by atoms with Gasteiger partial charge in [0.1, 0.15) is 0 Å². The Balaban J connectivity index is 2.88. The Hall–Kier alpha value is -1.57. The van der Waals surface area contributed by atoms with Crippen molar-refractivity contribution in [2.24, 2.45) is 0 Å². The number of benzene rings is 1. The van der Waals surface area contributed by atoms with Crippen molar-refractivity contribution < 1.29 is 4.79 Å². The zero-order valence-corrected chi connectivity index (χ0v) is 6.79. The molecule has 1 N–H and O–H groups in total. The van der Waals surface area contributed by atoms with Crippen LogP contribution in [0.15, 0.2) is 24.4 Å². The van der Waals surface area contributed by atoms with Gasteiger partial charge in [-0.25, -0.2) is 0 Å². The maximum Gasteiger partial charge on any atom is 0.152 e. The molecule has 0 aliphatic carbocycles. The monoisotopic (exact) mass is 159 g/mol. The number of hydrogen-bond donors (Lipinski definition) is 1. The van der Waals surface area contributed by atoms with Crippen molar-refractivity contribution in [3.63, 3.8) is 0 Å². The van der Waals surface area contributed by atoms with E-state index in [9.17, 15) is 4.79 Å². The summed E-state index contributed by atoms with van der Waals surface area (Å²) in [4.78, 5) is 13.7. The fourth-order valence-electron chi connectivity index (χ4n) is 1.45. The number of carbonyl (C=O) groups is 1. The van der Waals surface area contributed by atoms with E-state index in [-0.39, 0.29) is 0 Å². The number of fused-ring (bicyclic) bond motifs is 1. The fraction of sp³-hybridized carbons (Fsp3) is 0.100. The average Bonchev–Trinajstić information content (AvgIpc) is 2.50. The number of aromatic nitrogens is 1. The van der Waals surface area contributed by atoms with E-state index in [1.807, 2.05) is 25.3 Å². The highest BCUT2D eigenvalue weighted by Gasteiger charge is 2.01. The van der Waals surface area contributed by atoms with Crippen LogP contribution >= 0.6 is 0 Å². The van der Waals surface area contributed by atoms with Crippen LogP contribution in [-0.2, 0) is 0 Å². The highest BCUT2D eigenvalue weighted by molar-refractivity contribution is 5.96. The highest BCUT2D eigenvalue weighted by atomic mass is 16.1. The number of rotatable bonds is 1. The first-order valence-electron chi connectivity index (χ1n) is 3.84. The van der Waals surface area contributed by atoms with Crippen LogP contribution in [0.25, 0.3) is 10.9 Å². The van der Waals surface area contributed by atoms with Gasteiger partial charge >= 0.3 is 0 Å². The third-order valence-corrected chi connectivity index (χ3v) is 1.96. The van der Waals surface area contributed by atoms with E-state index in [1.165, 1.54) is 0 Å². The van der Waals surface area contributed by atoms with Gasteiger partial charge in [-0.15, -0.1) is 0 Å². The zero-order chi connectivity index (χ0) is 8.55. The van der Waals surface area contributed by atoms with Crippen LogP contribution < -0.4 is 0 Å². The summed E-state index contributed by atoms with van der Waals surface area (Å²) in [7, 11) is 0. The molecule has 0 unspecified atom stereocenters. The van der Waals surface area contributed by atoms with Crippen LogP contribution in [0, 0.1) is 6.92 Å². The van der Waals surface area contributed by atoms with Gasteiger partial charge in [0.2, 0.25) is 0 Å². The minimum Gasteiger partial charge on any atom is -0.361 e. The smallest absolute Gasteiger partial charge is 0.152 e. The molecule has 0 amide bonds. The first kappa shape index (κ1) is 7.10. The van der Waals surface area contributed by atoms with Gasteiger partial charge in [-0.1, -0.05) is 0 Å². The van der Waals surface area contributed by atoms with Gasteiger partial charge < -0.3 is 4.98 Å². The second-order valence-electron chi connectivity index (χ2n) is 2.91. The first-order chi connectivity index (χ1) is 5.81. The van der Waals surface area contributed by atoms with Crippen LogP contribution in [0.4, 0.5) is 0 Å². The average molecular weight is 159 g/mol. The maximum atomic E-state index is 10.7. The molecule has 1 aromatic carbocycles. The Labute approximate surface area is 70.2 Å². The Morgan fingerprint density at radius 1 is 1.42 bits per heavy atom. The lowest BCUT2D eigenvalue weighted by Crippen LogP contribution is -1.83. The molecule has 2 aromatic rings. The molecule has 60 valence electrons. The fourth-order valence-corrected chi connectivity index (χ4v) is 1.45. The number of H-pyrrole nitrogens is 1. The number of hydrogen-bond acceptors (Lipinski definition) is 1. The van der Waals surface area contributed by atoms with Crippen molar-refractivity contribution >= 4 is 17.2 Å². The molecule has 0 fully saturated rings. The van der Waals surface area contributed by atoms with Gasteiger partial charge in [-0.05, 0) is 30.7 Å². The summed E-state index contributed by atoms with van der Waals surface area (Å²) in [5, 5.41) is 1.09. The first-order valence-corrected chi connectivity index (χ1v) is 3.84. The predicted octanol–water partition coefficient (Wildman–Crippen LogP) is 2.29. The molecule has 0 radical (unpaired) electrons. The van der Waals surface area contributed by atoms with E-state index in [1.54, 1.807) is 0 Å². The summed E-state index contributed by atoms with van der Waals surface area (Å²) in [5.41, 5.74) is 2.77. The molecular weight excluding hydrogens is 150 g/mol. The molecule has 0 aliphatic rings. The van der Waals surface area contributed by atoms with E-state index < -0.39 is 0 Å². The number of aromatic amines is 1. The molecule has 0 atom stereocenters. The summed E-state index contributed by atoms with van der Waals surface area (Å²) >= 11 is 0. The lowest BCUT2D eigenvalue weighted by atomic mass is 10.1. The van der Waals surface area contributed by atoms with E-state index in [2.05, 4.69) is 11.1 Å². The normalized spacial score (nSPS) is 10.4. The standard InChI is InChI=1S/C10H9NO/c1-7-4-8-2-3-11-10(8)9(5-7)6-12/h2-6,11H,1H3. The van der Waals surface area contributed by atoms with Crippen molar-refractivity contribution in [2.75, 3.05) is 0 Å². The van der Waals surface area contributed by atoms with Gasteiger partial charge in [-0.2, -0.15) is 0 Å². The van der Waals surface area contributed by atoms with Crippen LogP contribution in [-0.4, -0.2) is 11.3 Å². The maximum absolute atomic E-state index is 10.7. The topological polar surface area (TPSA) is 32.9 Å². The highest BCUT2D eigenvalue weighted by Crippen LogP contribution is 2.17. The third kappa shape index (κ3) is 0.925. The molecule has 0 aliphatic heterocycles. The number of aryl methyl sites for hydroxylation is 1. The number of carbonyl (C=O) groups excluding carboxylic acids is 1. The van der Waals surface area contributed by atoms with Crippen molar-refractivity contribution in [1.82, 2.24) is 4.98 Å². The van der Waals surface area contributed by atoms with Gasteiger partial charge in [0.15, 0.2) is 6.29 Å². The SMILES string of the molecule is Cc1cc(C=O)c2[nH]ccc2c1. The minimum absolute atomic E-state index is 0.731. The van der Waals surface area contributed by atoms with Gasteiger partial charge in [0.25, 0.3) is 0 Å². The summed E-state index contributed by atoms with van der Waals surface area (Å²) in [6, 6.07) is 5.90. The van der Waals surface area contributed by atoms with Crippen molar-refractivity contribution in [1.29, 1.82) is 0 Å². The second kappa shape index (κ2) is 2.48. The number of nitrogens with one attached hydrogen (secondary N) is 1. The van der Waals surface area contributed by atoms with Crippen LogP contribution in [0.1, 0.15) is 15.9 Å². The molecule has 12 heavy (non-hydrogen) atoms. The predicted molar refractivity (Wildman–Crippen MR) is 48.4 cm³/mol. The van der Waals surface area contributed by atoms with E-state index in [0.717, 1.165) is 28.3 Å². The molecule has 2 rings (SSSR count). The molecule has 2 nitrogen and oxygen atoms in total. The van der Waals surface area contributed by atoms with Crippen LogP contribution in [0.3, 0.4) is 0 Å². The molecule has 1 aromatic heterocycles. The number of aldehydes is 1. The minimum atomic E-state index is 0.731. The van der Waals surface area contributed by atoms with Crippen LogP contribution in [0.2, 0.25) is 0 Å². The van der Waals surface area contributed by atoms with Gasteiger partial charge in [0.05, 0.1) is 5.52 Å². The lowest BCUT2D eigenvalue weighted by molar-refractivity contribution is 0.112. The van der Waals surface area contributed by atoms with E-state index in [0.29, 0.717) is 0 Å². The molecule has 2 heteroatoms. The molecule has 0 saturated heterocycles. The third-order valence-electron chi connectivity index (χ3n) is 1.96. The van der Waals surface area contributed by atoms with Gasteiger partial charge in [-0.3, -0.25) is 4.79 Å². The van der Waals surface area contributed by atoms with Crippen molar-refractivity contribution in [3.8, 4) is 0 Å². The van der Waals surface area contributed by atoms with E-state index >= 15 is 0 Å². The Bertz CT molecular complexity index is 428. The van der Waals surface area contributed by atoms with Gasteiger partial charge in [0, 0.05) is 17.1 Å². The quantitative estimate of drug-likeness (QED) is 0.636. The summed E-state index contributed by atoms with van der Waals surface area (Å²) in [5.74, 6) is 0. The Kier molecular flexibility index (Phi) is 1.47. The molecule has 0 bridgehead atoms. The Morgan fingerprint density at radius 3 is 3.00 bits per heavy atom. The van der Waals surface area contributed by atoms with E-state index in [4.69, 9.17) is 0 Å². The molecular formula is C10H9NO. The Morgan fingerprint density at radius 2 is 2.25 bits per heavy atom. The summed E-state index contributed by atoms with van der Waals surface area (Å²) < 4.78 is 0. The second-order valence-corrected chi connectivity index (χ2v) is 2.91. The molecule has 1 heterocycles. The summed E-state index contributed by atoms with van der Waals surface area (Å²) in [6.07, 6.45) is 2.73. The zero-order valence-electron chi connectivity index (χ0n) is 6.79. The molecule has 0 saturated carbocycles. The summed E-state index contributed by atoms with van der Waals surface area (Å²) in [6.45, 7) is 1.99. The van der Waals surface area contributed by atoms with Crippen molar-refractivity contribution in [3.05, 3.63) is 35.5 Å². The molecule has 0 spiro atoms.